The molecule has 0 atom stereocenters. The molecule has 0 aliphatic carbocycles. The maximum atomic E-state index is 10.8. The molecule has 0 saturated carbocycles. The topological polar surface area (TPSA) is 104 Å². The summed E-state index contributed by atoms with van der Waals surface area (Å²) >= 11 is 0. The number of anilines is 1. The predicted molar refractivity (Wildman–Crippen MR) is 85.4 cm³/mol. The smallest absolute Gasteiger partial charge is 0.306 e. The summed E-state index contributed by atoms with van der Waals surface area (Å²) in [5, 5.41) is 19.4. The molecule has 1 fully saturated rings. The second-order valence-electron chi connectivity index (χ2n) is 5.44. The van der Waals surface area contributed by atoms with E-state index in [1.807, 2.05) is 0 Å². The van der Waals surface area contributed by atoms with Gasteiger partial charge in [0.2, 0.25) is 6.41 Å². The van der Waals surface area contributed by atoms with Gasteiger partial charge >= 0.3 is 5.97 Å². The fourth-order valence-electron chi connectivity index (χ4n) is 2.17. The zero-order valence-corrected chi connectivity index (χ0v) is 13.2. The first-order chi connectivity index (χ1) is 10.8. The number of benzene rings is 1. The molecule has 1 aromatic rings. The van der Waals surface area contributed by atoms with Gasteiger partial charge in [0.1, 0.15) is 0 Å². The minimum absolute atomic E-state index is 0.0687. The van der Waals surface area contributed by atoms with Gasteiger partial charge in [0.15, 0.2) is 0 Å². The minimum atomic E-state index is -0.738. The van der Waals surface area contributed by atoms with Gasteiger partial charge in [-0.15, -0.1) is 0 Å². The number of carboxylic acid groups (broad SMARTS) is 1. The van der Waals surface area contributed by atoms with E-state index < -0.39 is 10.9 Å². The van der Waals surface area contributed by atoms with Crippen LogP contribution < -0.4 is 4.90 Å². The Morgan fingerprint density at radius 3 is 2.13 bits per heavy atom. The highest BCUT2D eigenvalue weighted by atomic mass is 16.6. The summed E-state index contributed by atoms with van der Waals surface area (Å²) in [6, 6.07) is 6.36. The van der Waals surface area contributed by atoms with Gasteiger partial charge in [-0.2, -0.15) is 0 Å². The van der Waals surface area contributed by atoms with E-state index in [0.717, 1.165) is 12.1 Å². The Balaban J connectivity index is 0.000000463. The van der Waals surface area contributed by atoms with Crippen molar-refractivity contribution < 1.29 is 19.6 Å². The number of nitro groups is 1. The van der Waals surface area contributed by atoms with Crippen molar-refractivity contribution in [2.45, 2.75) is 12.8 Å². The van der Waals surface area contributed by atoms with Gasteiger partial charge in [0.25, 0.3) is 5.69 Å². The van der Waals surface area contributed by atoms with Crippen molar-refractivity contribution >= 4 is 23.8 Å². The molecule has 0 spiro atoms. The highest BCUT2D eigenvalue weighted by Gasteiger charge is 2.24. The molecule has 1 aromatic carbocycles. The lowest BCUT2D eigenvalue weighted by atomic mass is 9.97. The van der Waals surface area contributed by atoms with Gasteiger partial charge in [-0.3, -0.25) is 19.7 Å². The number of carbonyl (C=O) groups excluding carboxylic acids is 1. The van der Waals surface area contributed by atoms with Gasteiger partial charge in [0.05, 0.1) is 10.8 Å². The Labute approximate surface area is 134 Å². The molecule has 126 valence electrons. The Morgan fingerprint density at radius 1 is 1.30 bits per heavy atom. The third-order valence-electron chi connectivity index (χ3n) is 3.48. The zero-order valence-electron chi connectivity index (χ0n) is 13.2. The first kappa shape index (κ1) is 18.4. The summed E-state index contributed by atoms with van der Waals surface area (Å²) < 4.78 is 0. The molecule has 2 rings (SSSR count). The third-order valence-corrected chi connectivity index (χ3v) is 3.48. The fraction of sp³-hybridized carbons (Fsp3) is 0.467. The molecule has 1 amide bonds. The average Bonchev–Trinajstić information content (AvgIpc) is 2.55. The minimum Gasteiger partial charge on any atom is -0.481 e. The van der Waals surface area contributed by atoms with Crippen LogP contribution in [0.3, 0.4) is 0 Å². The number of carboxylic acids is 1. The van der Waals surface area contributed by atoms with Crippen molar-refractivity contribution in [3.8, 4) is 0 Å². The molecule has 0 radical (unpaired) electrons. The van der Waals surface area contributed by atoms with Gasteiger partial charge in [0, 0.05) is 45.0 Å². The van der Waals surface area contributed by atoms with Crippen molar-refractivity contribution in [2.75, 3.05) is 32.1 Å². The number of nitro benzene ring substituents is 1. The largest absolute Gasteiger partial charge is 0.481 e. The monoisotopic (exact) mass is 323 g/mol. The van der Waals surface area contributed by atoms with Gasteiger partial charge in [-0.05, 0) is 25.0 Å². The van der Waals surface area contributed by atoms with Crippen molar-refractivity contribution in [3.63, 3.8) is 0 Å². The van der Waals surface area contributed by atoms with E-state index in [9.17, 15) is 19.7 Å². The molecule has 0 bridgehead atoms. The predicted octanol–water partition coefficient (Wildman–Crippen LogP) is 1.60. The van der Waals surface area contributed by atoms with E-state index in [0.29, 0.717) is 25.9 Å². The molecular weight excluding hydrogens is 302 g/mol. The first-order valence-electron chi connectivity index (χ1n) is 7.19. The lowest BCUT2D eigenvalue weighted by molar-refractivity contribution is -0.384. The maximum Gasteiger partial charge on any atom is 0.306 e. The van der Waals surface area contributed by atoms with E-state index in [1.54, 1.807) is 26.2 Å². The summed E-state index contributed by atoms with van der Waals surface area (Å²) in [6.07, 6.45) is 1.98. The molecule has 1 saturated heterocycles. The van der Waals surface area contributed by atoms with Crippen LogP contribution in [0.15, 0.2) is 24.3 Å². The maximum absolute atomic E-state index is 10.8. The summed E-state index contributed by atoms with van der Waals surface area (Å²) in [6.45, 7) is 1.35. The van der Waals surface area contributed by atoms with E-state index in [1.165, 1.54) is 17.0 Å². The van der Waals surface area contributed by atoms with Crippen LogP contribution in [0.5, 0.6) is 0 Å². The van der Waals surface area contributed by atoms with Gasteiger partial charge in [-0.25, -0.2) is 0 Å². The lowest BCUT2D eigenvalue weighted by Crippen LogP contribution is -2.36. The first-order valence-corrected chi connectivity index (χ1v) is 7.19. The zero-order chi connectivity index (χ0) is 17.4. The van der Waals surface area contributed by atoms with Crippen molar-refractivity contribution in [1.82, 2.24) is 4.90 Å². The number of amides is 1. The quantitative estimate of drug-likeness (QED) is 0.513. The second-order valence-corrected chi connectivity index (χ2v) is 5.44. The van der Waals surface area contributed by atoms with Crippen LogP contribution in [0.25, 0.3) is 0 Å². The molecule has 1 aliphatic heterocycles. The Bertz CT molecular complexity index is 537. The van der Waals surface area contributed by atoms with E-state index in [4.69, 9.17) is 5.11 Å². The number of nitrogens with zero attached hydrogens (tertiary/aromatic N) is 3. The Morgan fingerprint density at radius 2 is 1.78 bits per heavy atom. The van der Waals surface area contributed by atoms with Gasteiger partial charge in [-0.1, -0.05) is 0 Å². The fourth-order valence-corrected chi connectivity index (χ4v) is 2.17. The highest BCUT2D eigenvalue weighted by molar-refractivity contribution is 5.70. The molecule has 23 heavy (non-hydrogen) atoms. The lowest BCUT2D eigenvalue weighted by Gasteiger charge is -2.31. The van der Waals surface area contributed by atoms with E-state index in [2.05, 4.69) is 4.90 Å². The van der Waals surface area contributed by atoms with Crippen LogP contribution in [0.1, 0.15) is 12.8 Å². The Hall–Kier alpha value is -2.64. The van der Waals surface area contributed by atoms with Crippen LogP contribution in [0.2, 0.25) is 0 Å². The van der Waals surface area contributed by atoms with Crippen LogP contribution >= 0.6 is 0 Å². The molecule has 1 aliphatic rings. The van der Waals surface area contributed by atoms with E-state index in [-0.39, 0.29) is 11.6 Å². The number of hydrogen-bond donors (Lipinski definition) is 1. The van der Waals surface area contributed by atoms with Crippen LogP contribution in [0, 0.1) is 16.0 Å². The molecule has 0 unspecified atom stereocenters. The van der Waals surface area contributed by atoms with Crippen LogP contribution in [0.4, 0.5) is 11.4 Å². The van der Waals surface area contributed by atoms with Crippen LogP contribution in [-0.2, 0) is 9.59 Å². The molecule has 1 heterocycles. The van der Waals surface area contributed by atoms with Gasteiger partial charge < -0.3 is 14.9 Å². The third kappa shape index (κ3) is 5.93. The summed E-state index contributed by atoms with van der Waals surface area (Å²) in [5.74, 6) is -1.00. The van der Waals surface area contributed by atoms with Crippen molar-refractivity contribution in [3.05, 3.63) is 34.4 Å². The second kappa shape index (κ2) is 8.72. The molecule has 1 N–H and O–H groups in total. The summed E-state index contributed by atoms with van der Waals surface area (Å²) in [4.78, 5) is 33.9. The average molecular weight is 323 g/mol. The Kier molecular flexibility index (Phi) is 6.98. The van der Waals surface area contributed by atoms with Crippen molar-refractivity contribution in [2.24, 2.45) is 5.92 Å². The van der Waals surface area contributed by atoms with Crippen molar-refractivity contribution in [1.29, 1.82) is 0 Å². The number of aliphatic carboxylic acids is 1. The molecule has 8 nitrogen and oxygen atoms in total. The number of hydrogen-bond acceptors (Lipinski definition) is 5. The number of non-ortho nitro benzene ring substituents is 1. The summed E-state index contributed by atoms with van der Waals surface area (Å²) in [5.41, 5.74) is 0.976. The number of carbonyl (C=O) groups is 2. The molecule has 0 aromatic heterocycles. The normalized spacial score (nSPS) is 14.4. The van der Waals surface area contributed by atoms with E-state index >= 15 is 0 Å². The molecule has 8 heteroatoms. The molecular formula is C15H21N3O5. The number of rotatable bonds is 4. The number of piperidine rings is 1. The SMILES string of the molecule is CN(C)C=O.O=C(O)C1CCN(c2ccc([N+](=O)[O-])cc2)CC1. The standard InChI is InChI=1S/C12H14N2O4.C3H7NO/c15-12(16)9-5-7-13(8-6-9)10-1-3-11(4-2-10)14(17)18;1-4(2)3-5/h1-4,9H,5-8H2,(H,15,16);3H,1-2H3. The highest BCUT2D eigenvalue weighted by Crippen LogP contribution is 2.25. The summed E-state index contributed by atoms with van der Waals surface area (Å²) in [7, 11) is 3.38. The van der Waals surface area contributed by atoms with Crippen LogP contribution in [-0.4, -0.2) is 54.5 Å².